The van der Waals surface area contributed by atoms with E-state index in [4.69, 9.17) is 18.9 Å². The monoisotopic (exact) mass is 386 g/mol. The number of phenolic OH excluding ortho intramolecular Hbond substituents is 1. The van der Waals surface area contributed by atoms with Crippen molar-refractivity contribution in [2.75, 3.05) is 34.0 Å². The molecule has 3 rings (SSSR count). The van der Waals surface area contributed by atoms with Crippen molar-refractivity contribution >= 4 is 6.08 Å². The van der Waals surface area contributed by atoms with Gasteiger partial charge in [0.15, 0.2) is 23.0 Å². The number of aliphatic hydroxyl groups excluding tert-OH is 1. The summed E-state index contributed by atoms with van der Waals surface area (Å²) in [5.74, 6) is 1.39. The van der Waals surface area contributed by atoms with E-state index in [1.165, 1.54) is 7.11 Å². The average Bonchev–Trinajstić information content (AvgIpc) is 3.09. The second kappa shape index (κ2) is 8.99. The van der Waals surface area contributed by atoms with Crippen LogP contribution in [0, 0.1) is 0 Å². The van der Waals surface area contributed by atoms with Gasteiger partial charge in [0.05, 0.1) is 33.4 Å². The largest absolute Gasteiger partial charge is 0.504 e. The molecule has 2 unspecified atom stereocenters. The van der Waals surface area contributed by atoms with Crippen molar-refractivity contribution in [1.82, 2.24) is 0 Å². The van der Waals surface area contributed by atoms with E-state index < -0.39 is 6.10 Å². The molecule has 1 aliphatic heterocycles. The highest BCUT2D eigenvalue weighted by atomic mass is 16.5. The van der Waals surface area contributed by atoms with Gasteiger partial charge in [0.25, 0.3) is 0 Å². The molecule has 0 fully saturated rings. The molecule has 0 bridgehead atoms. The quantitative estimate of drug-likeness (QED) is 0.674. The van der Waals surface area contributed by atoms with Gasteiger partial charge in [0.2, 0.25) is 0 Å². The van der Waals surface area contributed by atoms with Gasteiger partial charge < -0.3 is 29.2 Å². The molecule has 2 atom stereocenters. The Morgan fingerprint density at radius 3 is 2.57 bits per heavy atom. The maximum Gasteiger partial charge on any atom is 0.165 e. The van der Waals surface area contributed by atoms with Crippen LogP contribution in [0.25, 0.3) is 6.08 Å². The van der Waals surface area contributed by atoms with Gasteiger partial charge in [-0.3, -0.25) is 0 Å². The van der Waals surface area contributed by atoms with Crippen LogP contribution in [0.1, 0.15) is 35.6 Å². The normalized spacial score (nSPS) is 18.1. The molecule has 2 N–H and O–H groups in total. The van der Waals surface area contributed by atoms with E-state index in [-0.39, 0.29) is 18.3 Å². The summed E-state index contributed by atoms with van der Waals surface area (Å²) >= 11 is 0. The number of hydrogen-bond acceptors (Lipinski definition) is 6. The van der Waals surface area contributed by atoms with E-state index in [1.807, 2.05) is 31.2 Å². The van der Waals surface area contributed by atoms with Gasteiger partial charge in [-0.15, -0.1) is 0 Å². The fourth-order valence-corrected chi connectivity index (χ4v) is 3.40. The van der Waals surface area contributed by atoms with Crippen LogP contribution in [0.3, 0.4) is 0 Å². The summed E-state index contributed by atoms with van der Waals surface area (Å²) in [6.07, 6.45) is 3.49. The van der Waals surface area contributed by atoms with Crippen LogP contribution in [0.2, 0.25) is 0 Å². The highest BCUT2D eigenvalue weighted by molar-refractivity contribution is 5.62. The van der Waals surface area contributed by atoms with E-state index >= 15 is 0 Å². The summed E-state index contributed by atoms with van der Waals surface area (Å²) in [4.78, 5) is 0. The Morgan fingerprint density at radius 1 is 1.11 bits per heavy atom. The number of phenols is 1. The van der Waals surface area contributed by atoms with Gasteiger partial charge in [0, 0.05) is 12.2 Å². The molecule has 6 nitrogen and oxygen atoms in total. The van der Waals surface area contributed by atoms with Gasteiger partial charge in [-0.05, 0) is 42.3 Å². The van der Waals surface area contributed by atoms with Crippen LogP contribution in [-0.2, 0) is 4.74 Å². The highest BCUT2D eigenvalue weighted by Gasteiger charge is 2.37. The summed E-state index contributed by atoms with van der Waals surface area (Å²) in [7, 11) is 3.09. The van der Waals surface area contributed by atoms with Crippen molar-refractivity contribution in [2.24, 2.45) is 0 Å². The first-order valence-electron chi connectivity index (χ1n) is 9.23. The summed E-state index contributed by atoms with van der Waals surface area (Å²) in [6, 6.07) is 8.96. The van der Waals surface area contributed by atoms with E-state index in [0.29, 0.717) is 30.5 Å². The molecule has 6 heteroatoms. The van der Waals surface area contributed by atoms with Gasteiger partial charge >= 0.3 is 0 Å². The van der Waals surface area contributed by atoms with Gasteiger partial charge in [0.1, 0.15) is 6.10 Å². The number of benzene rings is 2. The zero-order chi connectivity index (χ0) is 20.1. The predicted octanol–water partition coefficient (Wildman–Crippen LogP) is 3.67. The van der Waals surface area contributed by atoms with Crippen molar-refractivity contribution < 1.29 is 29.2 Å². The first-order chi connectivity index (χ1) is 13.6. The molecule has 150 valence electrons. The Morgan fingerprint density at radius 2 is 1.89 bits per heavy atom. The van der Waals surface area contributed by atoms with Crippen LogP contribution < -0.4 is 14.2 Å². The molecule has 1 aliphatic rings. The minimum Gasteiger partial charge on any atom is -0.504 e. The van der Waals surface area contributed by atoms with E-state index in [0.717, 1.165) is 16.7 Å². The lowest BCUT2D eigenvalue weighted by Gasteiger charge is -2.18. The third-order valence-electron chi connectivity index (χ3n) is 4.79. The first kappa shape index (κ1) is 20.0. The van der Waals surface area contributed by atoms with Crippen LogP contribution in [0.15, 0.2) is 36.4 Å². The standard InChI is InChI=1S/C22H26O6/c1-4-27-9-5-6-14-10-16-17(13-23)21(28-22(16)20(11-14)26-3)15-7-8-18(24)19(12-15)25-2/h5-8,10-12,17,21,23-24H,4,9,13H2,1-3H3. The second-order valence-corrected chi connectivity index (χ2v) is 6.46. The van der Waals surface area contributed by atoms with Gasteiger partial charge in [-0.25, -0.2) is 0 Å². The lowest BCUT2D eigenvalue weighted by molar-refractivity contribution is 0.157. The summed E-state index contributed by atoms with van der Waals surface area (Å²) in [6.45, 7) is 3.06. The molecule has 0 aliphatic carbocycles. The maximum atomic E-state index is 10.1. The van der Waals surface area contributed by atoms with Crippen LogP contribution in [-0.4, -0.2) is 44.3 Å². The molecule has 28 heavy (non-hydrogen) atoms. The van der Waals surface area contributed by atoms with Gasteiger partial charge in [-0.2, -0.15) is 0 Å². The molecule has 1 heterocycles. The smallest absolute Gasteiger partial charge is 0.165 e. The Labute approximate surface area is 164 Å². The molecule has 2 aromatic carbocycles. The highest BCUT2D eigenvalue weighted by Crippen LogP contribution is 2.51. The van der Waals surface area contributed by atoms with E-state index in [2.05, 4.69) is 0 Å². The fourth-order valence-electron chi connectivity index (χ4n) is 3.40. The summed E-state index contributed by atoms with van der Waals surface area (Å²) in [5, 5.41) is 19.9. The van der Waals surface area contributed by atoms with E-state index in [9.17, 15) is 10.2 Å². The number of fused-ring (bicyclic) bond motifs is 1. The molecular weight excluding hydrogens is 360 g/mol. The lowest BCUT2D eigenvalue weighted by atomic mass is 9.90. The zero-order valence-electron chi connectivity index (χ0n) is 16.3. The maximum absolute atomic E-state index is 10.1. The Kier molecular flexibility index (Phi) is 6.44. The topological polar surface area (TPSA) is 77.4 Å². The summed E-state index contributed by atoms with van der Waals surface area (Å²) < 4.78 is 22.3. The van der Waals surface area contributed by atoms with Crippen molar-refractivity contribution in [2.45, 2.75) is 18.9 Å². The molecule has 0 aromatic heterocycles. The number of methoxy groups -OCH3 is 2. The number of ether oxygens (including phenoxy) is 4. The third kappa shape index (κ3) is 3.93. The minimum absolute atomic E-state index is 0.0570. The first-order valence-corrected chi connectivity index (χ1v) is 9.23. The molecule has 0 radical (unpaired) electrons. The van der Waals surface area contributed by atoms with Crippen molar-refractivity contribution in [3.8, 4) is 23.0 Å². The van der Waals surface area contributed by atoms with E-state index in [1.54, 1.807) is 25.3 Å². The average molecular weight is 386 g/mol. The zero-order valence-corrected chi connectivity index (χ0v) is 16.3. The third-order valence-corrected chi connectivity index (χ3v) is 4.79. The fraction of sp³-hybridized carbons (Fsp3) is 0.364. The molecule has 0 saturated heterocycles. The Balaban J connectivity index is 1.96. The van der Waals surface area contributed by atoms with Crippen molar-refractivity contribution in [3.63, 3.8) is 0 Å². The van der Waals surface area contributed by atoms with Crippen molar-refractivity contribution in [1.29, 1.82) is 0 Å². The Hall–Kier alpha value is -2.70. The van der Waals surface area contributed by atoms with Crippen molar-refractivity contribution in [3.05, 3.63) is 53.1 Å². The molecule has 0 spiro atoms. The predicted molar refractivity (Wildman–Crippen MR) is 106 cm³/mol. The Bertz CT molecular complexity index is 845. The lowest BCUT2D eigenvalue weighted by Crippen LogP contribution is -2.13. The second-order valence-electron chi connectivity index (χ2n) is 6.46. The van der Waals surface area contributed by atoms with Crippen LogP contribution in [0.4, 0.5) is 0 Å². The van der Waals surface area contributed by atoms with Gasteiger partial charge in [-0.1, -0.05) is 18.2 Å². The van der Waals surface area contributed by atoms with Crippen LogP contribution in [0.5, 0.6) is 23.0 Å². The molecule has 0 saturated carbocycles. The van der Waals surface area contributed by atoms with Crippen LogP contribution >= 0.6 is 0 Å². The number of aromatic hydroxyl groups is 1. The number of aliphatic hydroxyl groups is 1. The minimum atomic E-state index is -0.411. The molecule has 2 aromatic rings. The SMILES string of the molecule is CCOCC=Cc1cc(OC)c2c(c1)C(CO)C(c1ccc(O)c(OC)c1)O2. The summed E-state index contributed by atoms with van der Waals surface area (Å²) in [5.41, 5.74) is 2.64. The molecular formula is C22H26O6. The number of hydrogen-bond donors (Lipinski definition) is 2. The molecule has 0 amide bonds. The number of rotatable bonds is 8.